The van der Waals surface area contributed by atoms with E-state index in [0.717, 1.165) is 21.8 Å². The molecule has 132 valence electrons. The van der Waals surface area contributed by atoms with Crippen molar-refractivity contribution in [3.8, 4) is 28.4 Å². The lowest BCUT2D eigenvalue weighted by molar-refractivity contribution is 0.885. The molecule has 0 fully saturated rings. The molecular weight excluding hydrogens is 364 g/mol. The summed E-state index contributed by atoms with van der Waals surface area (Å²) in [6.07, 6.45) is 3.76. The number of nitrogens with zero attached hydrogens (tertiary/aromatic N) is 4. The summed E-state index contributed by atoms with van der Waals surface area (Å²) in [6.45, 7) is 0. The Labute approximate surface area is 166 Å². The first-order valence-electron chi connectivity index (χ1n) is 8.60. The average Bonchev–Trinajstić information content (AvgIpc) is 3.42. The molecule has 4 rings (SSSR count). The zero-order valence-corrected chi connectivity index (χ0v) is 15.6. The molecule has 0 saturated heterocycles. The maximum absolute atomic E-state index is 9.72. The van der Waals surface area contributed by atoms with Gasteiger partial charge >= 0.3 is 0 Å². The van der Waals surface area contributed by atoms with Gasteiger partial charge in [0.25, 0.3) is 0 Å². The Balaban J connectivity index is 1.86. The fourth-order valence-corrected chi connectivity index (χ4v) is 3.63. The van der Waals surface area contributed by atoms with Gasteiger partial charge in [-0.25, -0.2) is 4.68 Å². The lowest BCUT2D eigenvalue weighted by Gasteiger charge is -2.00. The van der Waals surface area contributed by atoms with Gasteiger partial charge < -0.3 is 0 Å². The van der Waals surface area contributed by atoms with Crippen LogP contribution in [-0.4, -0.2) is 9.78 Å². The van der Waals surface area contributed by atoms with Crippen molar-refractivity contribution in [2.45, 2.75) is 0 Å². The highest BCUT2D eigenvalue weighted by atomic mass is 32.1. The van der Waals surface area contributed by atoms with Crippen molar-refractivity contribution in [2.24, 2.45) is 0 Å². The third-order valence-electron chi connectivity index (χ3n) is 4.24. The molecule has 0 N–H and O–H groups in total. The number of aromatic nitrogens is 2. The van der Waals surface area contributed by atoms with Crippen LogP contribution in [0.1, 0.15) is 16.7 Å². The van der Waals surface area contributed by atoms with Crippen LogP contribution in [0.25, 0.3) is 27.9 Å². The average molecular weight is 378 g/mol. The number of nitriles is 2. The van der Waals surface area contributed by atoms with E-state index < -0.39 is 0 Å². The molecule has 0 aliphatic heterocycles. The summed E-state index contributed by atoms with van der Waals surface area (Å²) < 4.78 is 1.82. The molecule has 0 aliphatic carbocycles. The number of thiophene rings is 1. The summed E-state index contributed by atoms with van der Waals surface area (Å²) in [5.41, 5.74) is 4.35. The molecule has 28 heavy (non-hydrogen) atoms. The molecule has 0 atom stereocenters. The van der Waals surface area contributed by atoms with E-state index in [1.165, 1.54) is 0 Å². The Bertz CT molecular complexity index is 1220. The summed E-state index contributed by atoms with van der Waals surface area (Å²) in [7, 11) is 0. The minimum absolute atomic E-state index is 0.488. The lowest BCUT2D eigenvalue weighted by Crippen LogP contribution is -1.93. The molecule has 0 amide bonds. The van der Waals surface area contributed by atoms with Gasteiger partial charge in [-0.05, 0) is 47.4 Å². The second kappa shape index (κ2) is 7.75. The summed E-state index contributed by atoms with van der Waals surface area (Å²) in [5, 5.41) is 25.6. The molecule has 0 saturated carbocycles. The fraction of sp³-hybridized carbons (Fsp3) is 0. The summed E-state index contributed by atoms with van der Waals surface area (Å²) in [5.74, 6) is 0. The maximum atomic E-state index is 9.72. The van der Waals surface area contributed by atoms with Gasteiger partial charge in [-0.1, -0.05) is 36.4 Å². The zero-order valence-electron chi connectivity index (χ0n) is 14.8. The third kappa shape index (κ3) is 3.48. The van der Waals surface area contributed by atoms with Gasteiger partial charge in [0, 0.05) is 11.8 Å². The monoisotopic (exact) mass is 378 g/mol. The number of rotatable bonds is 4. The van der Waals surface area contributed by atoms with Gasteiger partial charge in [0.05, 0.1) is 33.8 Å². The van der Waals surface area contributed by atoms with E-state index in [0.29, 0.717) is 16.7 Å². The van der Waals surface area contributed by atoms with Crippen LogP contribution in [0.3, 0.4) is 0 Å². The van der Waals surface area contributed by atoms with Crippen molar-refractivity contribution in [2.75, 3.05) is 0 Å². The summed E-state index contributed by atoms with van der Waals surface area (Å²) in [4.78, 5) is 1.03. The van der Waals surface area contributed by atoms with E-state index in [2.05, 4.69) is 12.1 Å². The van der Waals surface area contributed by atoms with Crippen LogP contribution in [0, 0.1) is 22.7 Å². The van der Waals surface area contributed by atoms with Crippen LogP contribution in [-0.2, 0) is 0 Å². The predicted octanol–water partition coefficient (Wildman–Crippen LogP) is 5.54. The highest BCUT2D eigenvalue weighted by molar-refractivity contribution is 7.13. The normalized spacial score (nSPS) is 11.0. The van der Waals surface area contributed by atoms with Crippen molar-refractivity contribution in [1.29, 1.82) is 10.5 Å². The predicted molar refractivity (Wildman–Crippen MR) is 112 cm³/mol. The Hall–Kier alpha value is -3.93. The molecule has 4 nitrogen and oxygen atoms in total. The van der Waals surface area contributed by atoms with Gasteiger partial charge in [-0.15, -0.1) is 11.3 Å². The third-order valence-corrected chi connectivity index (χ3v) is 5.12. The van der Waals surface area contributed by atoms with Gasteiger partial charge in [0.2, 0.25) is 0 Å². The summed E-state index contributed by atoms with van der Waals surface area (Å²) >= 11 is 1.60. The number of para-hydroxylation sites is 1. The Kier molecular flexibility index (Phi) is 4.84. The molecule has 5 heteroatoms. The molecule has 0 unspecified atom stereocenters. The summed E-state index contributed by atoms with van der Waals surface area (Å²) in [6, 6.07) is 25.3. The van der Waals surface area contributed by atoms with Crippen molar-refractivity contribution < 1.29 is 0 Å². The van der Waals surface area contributed by atoms with Crippen LogP contribution in [0.2, 0.25) is 0 Å². The molecule has 2 heterocycles. The van der Waals surface area contributed by atoms with Crippen molar-refractivity contribution in [3.05, 3.63) is 95.0 Å². The first-order chi connectivity index (χ1) is 13.8. The number of benzene rings is 2. The molecule has 0 radical (unpaired) electrons. The largest absolute Gasteiger partial charge is 0.240 e. The minimum atomic E-state index is 0.488. The quantitative estimate of drug-likeness (QED) is 0.438. The van der Waals surface area contributed by atoms with Crippen molar-refractivity contribution >= 4 is 23.0 Å². The molecule has 0 spiro atoms. The van der Waals surface area contributed by atoms with E-state index in [1.54, 1.807) is 29.5 Å². The highest BCUT2D eigenvalue weighted by Gasteiger charge is 2.13. The zero-order chi connectivity index (χ0) is 19.3. The van der Waals surface area contributed by atoms with Gasteiger partial charge in [0.15, 0.2) is 0 Å². The Morgan fingerprint density at radius 3 is 2.57 bits per heavy atom. The van der Waals surface area contributed by atoms with Crippen LogP contribution >= 0.6 is 11.3 Å². The van der Waals surface area contributed by atoms with Crippen molar-refractivity contribution in [1.82, 2.24) is 9.78 Å². The van der Waals surface area contributed by atoms with Crippen molar-refractivity contribution in [3.63, 3.8) is 0 Å². The standard InChI is InChI=1S/C23H14N4S/c24-14-17-6-4-7-18(12-17)19(15-25)13-20-16-27(21-8-2-1-3-9-21)26-23(20)22-10-5-11-28-22/h1-13,16H/b19-13-. The number of hydrogen-bond donors (Lipinski definition) is 0. The van der Waals surface area contributed by atoms with Crippen LogP contribution < -0.4 is 0 Å². The van der Waals surface area contributed by atoms with Gasteiger partial charge in [-0.3, -0.25) is 0 Å². The molecule has 0 bridgehead atoms. The number of hydrogen-bond acceptors (Lipinski definition) is 4. The topological polar surface area (TPSA) is 65.4 Å². The fourth-order valence-electron chi connectivity index (χ4n) is 2.90. The molecule has 2 aromatic carbocycles. The second-order valence-corrected chi connectivity index (χ2v) is 7.00. The SMILES string of the molecule is N#C/C(=C/c1cn(-c2ccccc2)nc1-c1cccs1)c1cccc(C#N)c1. The van der Waals surface area contributed by atoms with Gasteiger partial charge in [0.1, 0.15) is 5.69 Å². The van der Waals surface area contributed by atoms with E-state index in [9.17, 15) is 5.26 Å². The lowest BCUT2D eigenvalue weighted by atomic mass is 10.0. The highest BCUT2D eigenvalue weighted by Crippen LogP contribution is 2.30. The van der Waals surface area contributed by atoms with E-state index in [-0.39, 0.29) is 0 Å². The van der Waals surface area contributed by atoms with E-state index in [1.807, 2.05) is 70.9 Å². The van der Waals surface area contributed by atoms with Crippen LogP contribution in [0.5, 0.6) is 0 Å². The molecular formula is C23H14N4S. The number of allylic oxidation sites excluding steroid dienone is 1. The van der Waals surface area contributed by atoms with Gasteiger partial charge in [-0.2, -0.15) is 15.6 Å². The maximum Gasteiger partial charge on any atom is 0.110 e. The molecule has 0 aliphatic rings. The van der Waals surface area contributed by atoms with Crippen LogP contribution in [0.15, 0.2) is 78.3 Å². The minimum Gasteiger partial charge on any atom is -0.240 e. The smallest absolute Gasteiger partial charge is 0.110 e. The van der Waals surface area contributed by atoms with E-state index >= 15 is 0 Å². The Morgan fingerprint density at radius 2 is 1.86 bits per heavy atom. The Morgan fingerprint density at radius 1 is 1.00 bits per heavy atom. The first-order valence-corrected chi connectivity index (χ1v) is 9.48. The van der Waals surface area contributed by atoms with E-state index in [4.69, 9.17) is 10.4 Å². The first kappa shape index (κ1) is 17.5. The second-order valence-electron chi connectivity index (χ2n) is 6.05. The molecule has 2 aromatic heterocycles. The molecule has 4 aromatic rings. The van der Waals surface area contributed by atoms with Crippen LogP contribution in [0.4, 0.5) is 0 Å².